The number of methoxy groups -OCH3 is 1. The van der Waals surface area contributed by atoms with Crippen molar-refractivity contribution in [1.29, 1.82) is 10.5 Å². The van der Waals surface area contributed by atoms with Crippen LogP contribution in [0.25, 0.3) is 0 Å². The number of nitrogens with zero attached hydrogens (tertiary/aromatic N) is 2. The fraction of sp³-hybridized carbons (Fsp3) is 0.312. The van der Waals surface area contributed by atoms with Crippen molar-refractivity contribution < 1.29 is 9.53 Å². The normalized spacial score (nSPS) is 20.8. The Labute approximate surface area is 133 Å². The summed E-state index contributed by atoms with van der Waals surface area (Å²) in [6, 6.07) is 11.3. The number of nitriles is 2. The van der Waals surface area contributed by atoms with Crippen LogP contribution in [0.15, 0.2) is 34.9 Å². The van der Waals surface area contributed by atoms with E-state index in [0.717, 1.165) is 5.75 Å². The van der Waals surface area contributed by atoms with E-state index in [1.807, 2.05) is 19.1 Å². The Balaban J connectivity index is 2.66. The van der Waals surface area contributed by atoms with Crippen molar-refractivity contribution in [2.75, 3.05) is 12.9 Å². The van der Waals surface area contributed by atoms with Gasteiger partial charge in [-0.15, -0.1) is 11.8 Å². The minimum atomic E-state index is -0.952. The predicted molar refractivity (Wildman–Crippen MR) is 83.8 cm³/mol. The largest absolute Gasteiger partial charge is 0.496 e. The van der Waals surface area contributed by atoms with Gasteiger partial charge < -0.3 is 10.1 Å². The lowest BCUT2D eigenvalue weighted by Crippen LogP contribution is -2.39. The molecule has 0 saturated heterocycles. The minimum Gasteiger partial charge on any atom is -0.496 e. The molecule has 6 heteroatoms. The number of para-hydroxylation sites is 1. The molecular weight excluding hydrogens is 298 g/mol. The van der Waals surface area contributed by atoms with Gasteiger partial charge in [0.1, 0.15) is 11.7 Å². The Hall–Kier alpha value is -2.44. The molecule has 1 aliphatic rings. The first-order chi connectivity index (χ1) is 10.7. The van der Waals surface area contributed by atoms with Gasteiger partial charge in [0.15, 0.2) is 0 Å². The van der Waals surface area contributed by atoms with E-state index in [4.69, 9.17) is 4.74 Å². The maximum absolute atomic E-state index is 12.2. The summed E-state index contributed by atoms with van der Waals surface area (Å²) < 4.78 is 5.33. The van der Waals surface area contributed by atoms with Gasteiger partial charge in [0.2, 0.25) is 5.91 Å². The third kappa shape index (κ3) is 2.79. The Morgan fingerprint density at radius 3 is 2.68 bits per heavy atom. The topological polar surface area (TPSA) is 85.9 Å². The molecule has 0 aromatic heterocycles. The molecule has 22 heavy (non-hydrogen) atoms. The van der Waals surface area contributed by atoms with Gasteiger partial charge in [0.25, 0.3) is 0 Å². The Bertz CT molecular complexity index is 700. The first-order valence-corrected chi connectivity index (χ1v) is 7.76. The summed E-state index contributed by atoms with van der Waals surface area (Å²) >= 11 is 1.39. The van der Waals surface area contributed by atoms with Gasteiger partial charge in [-0.1, -0.05) is 25.1 Å². The van der Waals surface area contributed by atoms with Crippen LogP contribution in [0.2, 0.25) is 0 Å². The van der Waals surface area contributed by atoms with Gasteiger partial charge in [0.05, 0.1) is 35.8 Å². The zero-order chi connectivity index (χ0) is 16.1. The summed E-state index contributed by atoms with van der Waals surface area (Å²) in [6.07, 6.45) is 0. The molecular formula is C16H15N3O2S. The van der Waals surface area contributed by atoms with Gasteiger partial charge in [-0.25, -0.2) is 0 Å². The van der Waals surface area contributed by atoms with Crippen LogP contribution in [0, 0.1) is 28.6 Å². The van der Waals surface area contributed by atoms with Crippen LogP contribution < -0.4 is 10.1 Å². The van der Waals surface area contributed by atoms with Crippen LogP contribution in [0.3, 0.4) is 0 Å². The molecule has 1 N–H and O–H groups in total. The fourth-order valence-electron chi connectivity index (χ4n) is 2.49. The van der Waals surface area contributed by atoms with Crippen LogP contribution in [-0.2, 0) is 4.79 Å². The molecule has 0 aliphatic carbocycles. The van der Waals surface area contributed by atoms with E-state index in [0.29, 0.717) is 21.9 Å². The van der Waals surface area contributed by atoms with E-state index >= 15 is 0 Å². The lowest BCUT2D eigenvalue weighted by molar-refractivity contribution is -0.123. The van der Waals surface area contributed by atoms with Gasteiger partial charge in [-0.2, -0.15) is 10.5 Å². The summed E-state index contributed by atoms with van der Waals surface area (Å²) in [5.74, 6) is -0.665. The van der Waals surface area contributed by atoms with Gasteiger partial charge in [-0.05, 0) is 11.8 Å². The van der Waals surface area contributed by atoms with Crippen LogP contribution in [0.4, 0.5) is 0 Å². The third-order valence-corrected chi connectivity index (χ3v) is 4.33. The zero-order valence-corrected chi connectivity index (χ0v) is 13.1. The first-order valence-electron chi connectivity index (χ1n) is 6.78. The summed E-state index contributed by atoms with van der Waals surface area (Å²) in [6.45, 7) is 1.94. The molecule has 2 atom stereocenters. The SMILES string of the molecule is CCSC1=C(C#N)C(c2ccccc2OC)C(C#N)C(=O)N1. The van der Waals surface area contributed by atoms with E-state index in [1.54, 1.807) is 18.2 Å². The molecule has 0 spiro atoms. The number of hydrogen-bond acceptors (Lipinski definition) is 5. The number of hydrogen-bond donors (Lipinski definition) is 1. The average Bonchev–Trinajstić information content (AvgIpc) is 2.54. The van der Waals surface area contributed by atoms with E-state index in [9.17, 15) is 15.3 Å². The second kappa shape index (κ2) is 7.02. The number of allylic oxidation sites excluding steroid dienone is 1. The van der Waals surface area contributed by atoms with Gasteiger partial charge >= 0.3 is 0 Å². The second-order valence-electron chi connectivity index (χ2n) is 4.60. The van der Waals surface area contributed by atoms with Crippen molar-refractivity contribution in [3.05, 3.63) is 40.4 Å². The molecule has 112 valence electrons. The summed E-state index contributed by atoms with van der Waals surface area (Å²) in [7, 11) is 1.53. The van der Waals surface area contributed by atoms with E-state index in [2.05, 4.69) is 11.4 Å². The molecule has 0 bridgehead atoms. The quantitative estimate of drug-likeness (QED) is 0.923. The Morgan fingerprint density at radius 1 is 1.36 bits per heavy atom. The molecule has 1 heterocycles. The van der Waals surface area contributed by atoms with Crippen molar-refractivity contribution >= 4 is 17.7 Å². The number of nitrogens with one attached hydrogen (secondary N) is 1. The van der Waals surface area contributed by atoms with Crippen molar-refractivity contribution in [3.63, 3.8) is 0 Å². The highest BCUT2D eigenvalue weighted by atomic mass is 32.2. The molecule has 0 radical (unpaired) electrons. The smallest absolute Gasteiger partial charge is 0.243 e. The lowest BCUT2D eigenvalue weighted by atomic mass is 9.79. The molecule has 1 aliphatic heterocycles. The number of benzene rings is 1. The number of rotatable bonds is 4. The molecule has 1 aromatic carbocycles. The van der Waals surface area contributed by atoms with Crippen molar-refractivity contribution in [3.8, 4) is 17.9 Å². The molecule has 2 unspecified atom stereocenters. The van der Waals surface area contributed by atoms with Crippen LogP contribution in [0.1, 0.15) is 18.4 Å². The Kier molecular flexibility index (Phi) is 5.08. The van der Waals surface area contributed by atoms with Gasteiger partial charge in [0, 0.05) is 5.56 Å². The second-order valence-corrected chi connectivity index (χ2v) is 5.88. The first kappa shape index (κ1) is 15.9. The number of carbonyl (C=O) groups excluding carboxylic acids is 1. The van der Waals surface area contributed by atoms with Crippen LogP contribution >= 0.6 is 11.8 Å². The van der Waals surface area contributed by atoms with Crippen molar-refractivity contribution in [1.82, 2.24) is 5.32 Å². The van der Waals surface area contributed by atoms with Crippen molar-refractivity contribution in [2.24, 2.45) is 5.92 Å². The molecule has 1 amide bonds. The third-order valence-electron chi connectivity index (χ3n) is 3.43. The summed E-state index contributed by atoms with van der Waals surface area (Å²) in [4.78, 5) is 12.2. The standard InChI is InChI=1S/C16H15N3O2S/c1-3-22-16-12(9-18)14(11(8-17)15(20)19-16)10-6-4-5-7-13(10)21-2/h4-7,11,14H,3H2,1-2H3,(H,19,20). The van der Waals surface area contributed by atoms with E-state index in [1.165, 1.54) is 18.9 Å². The maximum atomic E-state index is 12.2. The maximum Gasteiger partial charge on any atom is 0.243 e. The minimum absolute atomic E-state index is 0.381. The summed E-state index contributed by atoms with van der Waals surface area (Å²) in [5, 5.41) is 22.2. The highest BCUT2D eigenvalue weighted by molar-refractivity contribution is 8.03. The monoisotopic (exact) mass is 313 g/mol. The molecule has 0 fully saturated rings. The molecule has 2 rings (SSSR count). The lowest BCUT2D eigenvalue weighted by Gasteiger charge is -2.29. The molecule has 0 saturated carbocycles. The van der Waals surface area contributed by atoms with E-state index < -0.39 is 11.8 Å². The molecule has 1 aromatic rings. The average molecular weight is 313 g/mol. The van der Waals surface area contributed by atoms with Crippen LogP contribution in [-0.4, -0.2) is 18.8 Å². The number of thioether (sulfide) groups is 1. The van der Waals surface area contributed by atoms with Gasteiger partial charge in [-0.3, -0.25) is 4.79 Å². The molecule has 5 nitrogen and oxygen atoms in total. The van der Waals surface area contributed by atoms with E-state index in [-0.39, 0.29) is 5.91 Å². The highest BCUT2D eigenvalue weighted by Crippen LogP contribution is 2.42. The number of carbonyl (C=O) groups is 1. The van der Waals surface area contributed by atoms with Crippen molar-refractivity contribution in [2.45, 2.75) is 12.8 Å². The van der Waals surface area contributed by atoms with Crippen LogP contribution in [0.5, 0.6) is 5.75 Å². The number of amides is 1. The Morgan fingerprint density at radius 2 is 2.09 bits per heavy atom. The number of ether oxygens (including phenoxy) is 1. The highest BCUT2D eigenvalue weighted by Gasteiger charge is 2.40. The fourth-order valence-corrected chi connectivity index (χ4v) is 3.28. The predicted octanol–water partition coefficient (Wildman–Crippen LogP) is 2.54. The summed E-state index contributed by atoms with van der Waals surface area (Å²) in [5.41, 5.74) is 1.08. The zero-order valence-electron chi connectivity index (χ0n) is 12.3.